The van der Waals surface area contributed by atoms with Gasteiger partial charge in [-0.3, -0.25) is 4.79 Å². The summed E-state index contributed by atoms with van der Waals surface area (Å²) in [6, 6.07) is 7.59. The number of ether oxygens (including phenoxy) is 2. The second kappa shape index (κ2) is 7.88. The molecule has 0 spiro atoms. The summed E-state index contributed by atoms with van der Waals surface area (Å²) in [4.78, 5) is 11.6. The van der Waals surface area contributed by atoms with Gasteiger partial charge < -0.3 is 20.5 Å². The molecule has 0 saturated heterocycles. The number of nitrogens with two attached hydrogens (primary N) is 1. The maximum Gasteiger partial charge on any atom is 0.237 e. The van der Waals surface area contributed by atoms with E-state index in [9.17, 15) is 4.79 Å². The number of primary amides is 1. The van der Waals surface area contributed by atoms with Gasteiger partial charge in [-0.1, -0.05) is 0 Å². The fraction of sp³-hybridized carbons (Fsp3) is 0.562. The average molecular weight is 294 g/mol. The zero-order chi connectivity index (χ0) is 15.9. The molecule has 5 nitrogen and oxygen atoms in total. The molecule has 0 fully saturated rings. The molecular formula is C16H26N2O3. The fourth-order valence-electron chi connectivity index (χ4n) is 2.08. The summed E-state index contributed by atoms with van der Waals surface area (Å²) >= 11 is 0. The number of carbonyl (C=O) groups excluding carboxylic acids is 1. The minimum Gasteiger partial charge on any atom is -0.494 e. The van der Waals surface area contributed by atoms with Crippen LogP contribution in [0.3, 0.4) is 0 Å². The summed E-state index contributed by atoms with van der Waals surface area (Å²) in [7, 11) is 0. The Morgan fingerprint density at radius 2 is 1.76 bits per heavy atom. The minimum atomic E-state index is -0.764. The predicted octanol–water partition coefficient (Wildman–Crippen LogP) is 2.10. The number of nitrogens with one attached hydrogen (secondary N) is 1. The average Bonchev–Trinajstić information content (AvgIpc) is 2.40. The van der Waals surface area contributed by atoms with Crippen molar-refractivity contribution in [3.63, 3.8) is 0 Å². The Labute approximate surface area is 126 Å². The molecule has 1 aromatic rings. The van der Waals surface area contributed by atoms with Crippen molar-refractivity contribution in [2.24, 2.45) is 5.73 Å². The molecule has 0 aromatic heterocycles. The molecule has 0 aliphatic heterocycles. The minimum absolute atomic E-state index is 0.174. The van der Waals surface area contributed by atoms with Crippen molar-refractivity contribution >= 4 is 5.91 Å². The number of hydrogen-bond donors (Lipinski definition) is 2. The zero-order valence-electron chi connectivity index (χ0n) is 13.3. The van der Waals surface area contributed by atoms with Gasteiger partial charge in [0.25, 0.3) is 0 Å². The van der Waals surface area contributed by atoms with E-state index in [1.165, 1.54) is 0 Å². The third kappa shape index (κ3) is 5.63. The third-order valence-electron chi connectivity index (χ3n) is 3.16. The van der Waals surface area contributed by atoms with E-state index in [2.05, 4.69) is 5.32 Å². The van der Waals surface area contributed by atoms with Crippen molar-refractivity contribution in [3.05, 3.63) is 24.3 Å². The van der Waals surface area contributed by atoms with Gasteiger partial charge in [0.05, 0.1) is 18.8 Å². The lowest BCUT2D eigenvalue weighted by Crippen LogP contribution is -2.56. The van der Waals surface area contributed by atoms with Crippen LogP contribution >= 0.6 is 0 Å². The van der Waals surface area contributed by atoms with Gasteiger partial charge >= 0.3 is 0 Å². The highest BCUT2D eigenvalue weighted by molar-refractivity contribution is 5.84. The molecular weight excluding hydrogens is 268 g/mol. The monoisotopic (exact) mass is 294 g/mol. The molecule has 1 atom stereocenters. The van der Waals surface area contributed by atoms with Crippen LogP contribution in [-0.4, -0.2) is 30.7 Å². The predicted molar refractivity (Wildman–Crippen MR) is 83.6 cm³/mol. The van der Waals surface area contributed by atoms with Gasteiger partial charge in [0.2, 0.25) is 5.91 Å². The molecule has 0 heterocycles. The van der Waals surface area contributed by atoms with E-state index in [4.69, 9.17) is 15.2 Å². The topological polar surface area (TPSA) is 73.6 Å². The van der Waals surface area contributed by atoms with E-state index in [1.807, 2.05) is 45.0 Å². The van der Waals surface area contributed by atoms with Crippen molar-refractivity contribution < 1.29 is 14.3 Å². The van der Waals surface area contributed by atoms with Crippen LogP contribution in [0.5, 0.6) is 11.5 Å². The second-order valence-electron chi connectivity index (χ2n) is 5.50. The number of amides is 1. The van der Waals surface area contributed by atoms with Crippen molar-refractivity contribution in [2.75, 3.05) is 13.2 Å². The molecule has 1 amide bonds. The maximum absolute atomic E-state index is 11.6. The van der Waals surface area contributed by atoms with E-state index >= 15 is 0 Å². The van der Waals surface area contributed by atoms with Gasteiger partial charge in [0.1, 0.15) is 11.5 Å². The van der Waals surface area contributed by atoms with Gasteiger partial charge in [0.15, 0.2) is 0 Å². The molecule has 21 heavy (non-hydrogen) atoms. The quantitative estimate of drug-likeness (QED) is 0.731. The Balaban J connectivity index is 2.52. The normalized spacial score (nSPS) is 13.8. The zero-order valence-corrected chi connectivity index (χ0v) is 13.3. The SMILES string of the molecule is CCOc1ccc(OCCC(C)(NC(C)C)C(N)=O)cc1. The lowest BCUT2D eigenvalue weighted by molar-refractivity contribution is -0.124. The van der Waals surface area contributed by atoms with Gasteiger partial charge in [-0.2, -0.15) is 0 Å². The van der Waals surface area contributed by atoms with Gasteiger partial charge in [-0.15, -0.1) is 0 Å². The molecule has 0 saturated carbocycles. The number of rotatable bonds is 9. The molecule has 5 heteroatoms. The molecule has 1 aromatic carbocycles. The first-order valence-corrected chi connectivity index (χ1v) is 7.30. The molecule has 0 aliphatic rings. The van der Waals surface area contributed by atoms with Crippen LogP contribution in [0, 0.1) is 0 Å². The Morgan fingerprint density at radius 3 is 2.19 bits per heavy atom. The molecule has 0 aliphatic carbocycles. The Bertz CT molecular complexity index is 445. The van der Waals surface area contributed by atoms with Crippen LogP contribution in [0.1, 0.15) is 34.1 Å². The smallest absolute Gasteiger partial charge is 0.237 e. The molecule has 1 unspecified atom stereocenters. The highest BCUT2D eigenvalue weighted by atomic mass is 16.5. The summed E-state index contributed by atoms with van der Waals surface area (Å²) in [5, 5.41) is 3.19. The van der Waals surface area contributed by atoms with E-state index in [1.54, 1.807) is 6.92 Å². The molecule has 3 N–H and O–H groups in total. The van der Waals surface area contributed by atoms with E-state index in [-0.39, 0.29) is 11.9 Å². The summed E-state index contributed by atoms with van der Waals surface area (Å²) in [6.45, 7) is 8.75. The lowest BCUT2D eigenvalue weighted by atomic mass is 9.96. The first-order valence-electron chi connectivity index (χ1n) is 7.30. The maximum atomic E-state index is 11.6. The summed E-state index contributed by atoms with van der Waals surface area (Å²) < 4.78 is 11.0. The van der Waals surface area contributed by atoms with Crippen molar-refractivity contribution in [2.45, 2.75) is 45.7 Å². The van der Waals surface area contributed by atoms with Crippen LogP contribution in [0.4, 0.5) is 0 Å². The van der Waals surface area contributed by atoms with Crippen LogP contribution in [0.15, 0.2) is 24.3 Å². The van der Waals surface area contributed by atoms with Crippen molar-refractivity contribution in [1.82, 2.24) is 5.32 Å². The second-order valence-corrected chi connectivity index (χ2v) is 5.50. The molecule has 118 valence electrons. The summed E-state index contributed by atoms with van der Waals surface area (Å²) in [5.41, 5.74) is 4.71. The summed E-state index contributed by atoms with van der Waals surface area (Å²) in [5.74, 6) is 1.19. The first kappa shape index (κ1) is 17.3. The Morgan fingerprint density at radius 1 is 1.24 bits per heavy atom. The standard InChI is InChI=1S/C16H26N2O3/c1-5-20-13-6-8-14(9-7-13)21-11-10-16(4,15(17)19)18-12(2)3/h6-9,12,18H,5,10-11H2,1-4H3,(H2,17,19). The number of hydrogen-bond acceptors (Lipinski definition) is 4. The third-order valence-corrected chi connectivity index (χ3v) is 3.16. The van der Waals surface area contributed by atoms with Gasteiger partial charge in [-0.25, -0.2) is 0 Å². The fourth-order valence-corrected chi connectivity index (χ4v) is 2.08. The Kier molecular flexibility index (Phi) is 6.49. The van der Waals surface area contributed by atoms with Gasteiger partial charge in [0, 0.05) is 12.5 Å². The number of benzene rings is 1. The molecule has 1 rings (SSSR count). The van der Waals surface area contributed by atoms with E-state index in [0.29, 0.717) is 19.6 Å². The van der Waals surface area contributed by atoms with Crippen molar-refractivity contribution in [1.29, 1.82) is 0 Å². The lowest BCUT2D eigenvalue weighted by Gasteiger charge is -2.29. The van der Waals surface area contributed by atoms with Crippen molar-refractivity contribution in [3.8, 4) is 11.5 Å². The van der Waals surface area contributed by atoms with Gasteiger partial charge in [-0.05, 0) is 52.0 Å². The van der Waals surface area contributed by atoms with Crippen LogP contribution in [-0.2, 0) is 4.79 Å². The largest absolute Gasteiger partial charge is 0.494 e. The highest BCUT2D eigenvalue weighted by Gasteiger charge is 2.31. The van der Waals surface area contributed by atoms with Crippen LogP contribution < -0.4 is 20.5 Å². The van der Waals surface area contributed by atoms with Crippen LogP contribution in [0.2, 0.25) is 0 Å². The first-order chi connectivity index (χ1) is 9.87. The highest BCUT2D eigenvalue weighted by Crippen LogP contribution is 2.19. The Hall–Kier alpha value is -1.75. The summed E-state index contributed by atoms with van der Waals surface area (Å²) in [6.07, 6.45) is 0.508. The van der Waals surface area contributed by atoms with E-state index < -0.39 is 5.54 Å². The van der Waals surface area contributed by atoms with Crippen LogP contribution in [0.25, 0.3) is 0 Å². The molecule has 0 radical (unpaired) electrons. The van der Waals surface area contributed by atoms with E-state index in [0.717, 1.165) is 11.5 Å². The number of carbonyl (C=O) groups is 1. The molecule has 0 bridgehead atoms.